The summed E-state index contributed by atoms with van der Waals surface area (Å²) in [5.74, 6) is -2.32. The predicted octanol–water partition coefficient (Wildman–Crippen LogP) is 2.20. The highest BCUT2D eigenvalue weighted by Gasteiger charge is 2.28. The molecular formula is C9H7F2NO5. The van der Waals surface area contributed by atoms with Crippen molar-refractivity contribution in [2.45, 2.75) is 13.5 Å². The number of nitro groups is 1. The van der Waals surface area contributed by atoms with Gasteiger partial charge in [-0.1, -0.05) is 6.07 Å². The van der Waals surface area contributed by atoms with Gasteiger partial charge in [-0.05, 0) is 18.6 Å². The fourth-order valence-corrected chi connectivity index (χ4v) is 1.26. The van der Waals surface area contributed by atoms with Crippen LogP contribution in [0.4, 0.5) is 14.5 Å². The van der Waals surface area contributed by atoms with E-state index in [0.717, 1.165) is 12.1 Å². The van der Waals surface area contributed by atoms with Crippen molar-refractivity contribution in [3.63, 3.8) is 0 Å². The minimum Gasteiger partial charge on any atom is -0.477 e. The van der Waals surface area contributed by atoms with Crippen molar-refractivity contribution in [1.82, 2.24) is 0 Å². The molecule has 0 spiro atoms. The fourth-order valence-electron chi connectivity index (χ4n) is 1.26. The maximum atomic E-state index is 12.1. The van der Waals surface area contributed by atoms with Crippen molar-refractivity contribution in [1.29, 1.82) is 0 Å². The summed E-state index contributed by atoms with van der Waals surface area (Å²) < 4.78 is 28.2. The molecule has 0 saturated carbocycles. The van der Waals surface area contributed by atoms with Gasteiger partial charge < -0.3 is 9.84 Å². The number of ether oxygens (including phenoxy) is 1. The maximum absolute atomic E-state index is 12.1. The highest BCUT2D eigenvalue weighted by Crippen LogP contribution is 2.35. The third-order valence-electron chi connectivity index (χ3n) is 1.95. The van der Waals surface area contributed by atoms with Crippen molar-refractivity contribution in [2.75, 3.05) is 0 Å². The zero-order valence-electron chi connectivity index (χ0n) is 8.52. The van der Waals surface area contributed by atoms with Crippen LogP contribution in [-0.2, 0) is 0 Å². The molecule has 6 nitrogen and oxygen atoms in total. The first-order valence-electron chi connectivity index (χ1n) is 4.30. The minimum atomic E-state index is -3.27. The van der Waals surface area contributed by atoms with E-state index in [1.165, 1.54) is 6.92 Å². The first kappa shape index (κ1) is 12.8. The largest absolute Gasteiger partial charge is 0.477 e. The zero-order valence-corrected chi connectivity index (χ0v) is 8.52. The number of halogens is 2. The van der Waals surface area contributed by atoms with Crippen molar-refractivity contribution < 1.29 is 28.3 Å². The lowest BCUT2D eigenvalue weighted by Gasteiger charge is -2.09. The SMILES string of the molecule is Cc1ccc(C(=O)O)c([N+](=O)[O-])c1OC(F)F. The molecule has 0 unspecified atom stereocenters. The van der Waals surface area contributed by atoms with Crippen LogP contribution in [-0.4, -0.2) is 22.6 Å². The van der Waals surface area contributed by atoms with E-state index in [2.05, 4.69) is 4.74 Å². The van der Waals surface area contributed by atoms with Crippen LogP contribution in [0.3, 0.4) is 0 Å². The second-order valence-corrected chi connectivity index (χ2v) is 3.05. The molecule has 0 amide bonds. The molecular weight excluding hydrogens is 240 g/mol. The molecule has 0 saturated heterocycles. The quantitative estimate of drug-likeness (QED) is 0.650. The standard InChI is InChI=1S/C9H7F2NO5/c1-4-2-3-5(8(13)14)6(12(15)16)7(4)17-9(10)11/h2-3,9H,1H3,(H,13,14). The zero-order chi connectivity index (χ0) is 13.2. The Hall–Kier alpha value is -2.25. The second-order valence-electron chi connectivity index (χ2n) is 3.05. The van der Waals surface area contributed by atoms with E-state index in [1.54, 1.807) is 0 Å². The number of hydrogen-bond donors (Lipinski definition) is 1. The number of alkyl halides is 2. The van der Waals surface area contributed by atoms with E-state index >= 15 is 0 Å². The number of nitrogens with zero attached hydrogens (tertiary/aromatic N) is 1. The molecule has 0 aliphatic heterocycles. The monoisotopic (exact) mass is 247 g/mol. The van der Waals surface area contributed by atoms with Gasteiger partial charge in [-0.2, -0.15) is 8.78 Å². The van der Waals surface area contributed by atoms with Gasteiger partial charge >= 0.3 is 18.3 Å². The smallest absolute Gasteiger partial charge is 0.387 e. The molecule has 0 aliphatic carbocycles. The molecule has 0 bridgehead atoms. The number of benzene rings is 1. The number of carboxylic acid groups (broad SMARTS) is 1. The number of aryl methyl sites for hydroxylation is 1. The van der Waals surface area contributed by atoms with Crippen molar-refractivity contribution in [2.24, 2.45) is 0 Å². The molecule has 0 atom stereocenters. The van der Waals surface area contributed by atoms with Crippen LogP contribution in [0.25, 0.3) is 0 Å². The molecule has 0 aliphatic rings. The molecule has 0 radical (unpaired) electrons. The van der Waals surface area contributed by atoms with Crippen LogP contribution in [0.1, 0.15) is 15.9 Å². The molecule has 17 heavy (non-hydrogen) atoms. The Kier molecular flexibility index (Phi) is 3.56. The molecule has 0 aromatic heterocycles. The average Bonchev–Trinajstić information content (AvgIpc) is 2.19. The van der Waals surface area contributed by atoms with Gasteiger partial charge in [-0.25, -0.2) is 4.79 Å². The number of aromatic carboxylic acids is 1. The topological polar surface area (TPSA) is 89.7 Å². The first-order chi connectivity index (χ1) is 7.84. The van der Waals surface area contributed by atoms with Gasteiger partial charge in [0, 0.05) is 0 Å². The summed E-state index contributed by atoms with van der Waals surface area (Å²) in [5, 5.41) is 19.4. The van der Waals surface area contributed by atoms with Crippen LogP contribution in [0.15, 0.2) is 12.1 Å². The molecule has 0 fully saturated rings. The number of carbonyl (C=O) groups is 1. The van der Waals surface area contributed by atoms with Crippen molar-refractivity contribution in [3.05, 3.63) is 33.4 Å². The highest BCUT2D eigenvalue weighted by atomic mass is 19.3. The van der Waals surface area contributed by atoms with Crippen LogP contribution in [0, 0.1) is 17.0 Å². The Morgan fingerprint density at radius 2 is 2.12 bits per heavy atom. The van der Waals surface area contributed by atoms with E-state index in [1.807, 2.05) is 0 Å². The molecule has 1 aromatic carbocycles. The Morgan fingerprint density at radius 3 is 2.53 bits per heavy atom. The van der Waals surface area contributed by atoms with Gasteiger partial charge in [0.2, 0.25) is 5.75 Å². The Morgan fingerprint density at radius 1 is 1.53 bits per heavy atom. The van der Waals surface area contributed by atoms with Gasteiger partial charge in [0.1, 0.15) is 5.56 Å². The summed E-state index contributed by atoms with van der Waals surface area (Å²) >= 11 is 0. The first-order valence-corrected chi connectivity index (χ1v) is 4.30. The summed E-state index contributed by atoms with van der Waals surface area (Å²) in [6.45, 7) is -1.97. The average molecular weight is 247 g/mol. The third kappa shape index (κ3) is 2.65. The maximum Gasteiger partial charge on any atom is 0.387 e. The van der Waals surface area contributed by atoms with E-state index in [9.17, 15) is 23.7 Å². The number of carboxylic acids is 1. The predicted molar refractivity (Wildman–Crippen MR) is 51.4 cm³/mol. The van der Waals surface area contributed by atoms with Gasteiger partial charge in [0.25, 0.3) is 0 Å². The normalized spacial score (nSPS) is 10.4. The number of hydrogen-bond acceptors (Lipinski definition) is 4. The van der Waals surface area contributed by atoms with Crippen LogP contribution in [0.2, 0.25) is 0 Å². The lowest BCUT2D eigenvalue weighted by Crippen LogP contribution is -2.10. The molecule has 92 valence electrons. The summed E-state index contributed by atoms with van der Waals surface area (Å²) in [6.07, 6.45) is 0. The Balaban J connectivity index is 3.48. The molecule has 1 rings (SSSR count). The fraction of sp³-hybridized carbons (Fsp3) is 0.222. The van der Waals surface area contributed by atoms with Gasteiger partial charge in [-0.3, -0.25) is 10.1 Å². The second kappa shape index (κ2) is 4.73. The van der Waals surface area contributed by atoms with E-state index < -0.39 is 34.5 Å². The van der Waals surface area contributed by atoms with Gasteiger partial charge in [-0.15, -0.1) is 0 Å². The molecule has 1 N–H and O–H groups in total. The Bertz CT molecular complexity index is 475. The summed E-state index contributed by atoms with van der Waals surface area (Å²) in [7, 11) is 0. The lowest BCUT2D eigenvalue weighted by molar-refractivity contribution is -0.386. The third-order valence-corrected chi connectivity index (χ3v) is 1.95. The summed E-state index contributed by atoms with van der Waals surface area (Å²) in [5.41, 5.74) is -1.61. The van der Waals surface area contributed by atoms with E-state index in [4.69, 9.17) is 5.11 Å². The number of nitro benzene ring substituents is 1. The van der Waals surface area contributed by atoms with Crippen LogP contribution in [0.5, 0.6) is 5.75 Å². The van der Waals surface area contributed by atoms with Crippen molar-refractivity contribution in [3.8, 4) is 5.75 Å². The summed E-state index contributed by atoms with van der Waals surface area (Å²) in [4.78, 5) is 20.4. The Labute approximate surface area is 93.6 Å². The van der Waals surface area contributed by atoms with Gasteiger partial charge in [0.05, 0.1) is 4.92 Å². The van der Waals surface area contributed by atoms with E-state index in [-0.39, 0.29) is 5.56 Å². The van der Waals surface area contributed by atoms with Crippen molar-refractivity contribution >= 4 is 11.7 Å². The van der Waals surface area contributed by atoms with Gasteiger partial charge in [0.15, 0.2) is 0 Å². The highest BCUT2D eigenvalue weighted by molar-refractivity contribution is 5.94. The minimum absolute atomic E-state index is 0.0574. The van der Waals surface area contributed by atoms with Crippen LogP contribution < -0.4 is 4.74 Å². The lowest BCUT2D eigenvalue weighted by atomic mass is 10.1. The molecule has 1 aromatic rings. The van der Waals surface area contributed by atoms with E-state index in [0.29, 0.717) is 0 Å². The summed E-state index contributed by atoms with van der Waals surface area (Å²) in [6, 6.07) is 2.13. The molecule has 8 heteroatoms. The molecule has 0 heterocycles. The van der Waals surface area contributed by atoms with Crippen LogP contribution >= 0.6 is 0 Å². The number of rotatable bonds is 4.